The second kappa shape index (κ2) is 5.07. The molecular formula is C14H8Cl2. The van der Waals surface area contributed by atoms with E-state index in [4.69, 9.17) is 23.2 Å². The van der Waals surface area contributed by atoms with E-state index in [9.17, 15) is 0 Å². The van der Waals surface area contributed by atoms with Crippen LogP contribution in [-0.2, 0) is 0 Å². The molecule has 2 heteroatoms. The average Bonchev–Trinajstić information content (AvgIpc) is 2.32. The fraction of sp³-hybridized carbons (Fsp3) is 0. The lowest BCUT2D eigenvalue weighted by molar-refractivity contribution is 1.62. The maximum atomic E-state index is 5.90. The van der Waals surface area contributed by atoms with Crippen molar-refractivity contribution in [1.82, 2.24) is 0 Å². The lowest BCUT2D eigenvalue weighted by atomic mass is 10.2. The van der Waals surface area contributed by atoms with E-state index >= 15 is 0 Å². The summed E-state index contributed by atoms with van der Waals surface area (Å²) in [5.41, 5.74) is 1.84. The normalized spacial score (nSPS) is 9.38. The highest BCUT2D eigenvalue weighted by Gasteiger charge is 1.96. The van der Waals surface area contributed by atoms with Gasteiger partial charge in [-0.05, 0) is 30.3 Å². The molecule has 2 rings (SSSR count). The molecule has 0 bridgehead atoms. The van der Waals surface area contributed by atoms with E-state index in [2.05, 4.69) is 11.8 Å². The predicted molar refractivity (Wildman–Crippen MR) is 68.9 cm³/mol. The van der Waals surface area contributed by atoms with Crippen LogP contribution in [0.15, 0.2) is 48.5 Å². The van der Waals surface area contributed by atoms with Gasteiger partial charge in [0.15, 0.2) is 0 Å². The molecule has 0 amide bonds. The molecule has 0 fully saturated rings. The van der Waals surface area contributed by atoms with Gasteiger partial charge < -0.3 is 0 Å². The van der Waals surface area contributed by atoms with Crippen LogP contribution in [-0.4, -0.2) is 0 Å². The van der Waals surface area contributed by atoms with Crippen LogP contribution >= 0.6 is 23.2 Å². The van der Waals surface area contributed by atoms with Gasteiger partial charge in [0, 0.05) is 11.1 Å². The van der Waals surface area contributed by atoms with Gasteiger partial charge in [0.25, 0.3) is 0 Å². The van der Waals surface area contributed by atoms with Crippen molar-refractivity contribution in [2.45, 2.75) is 0 Å². The van der Waals surface area contributed by atoms with E-state index in [1.54, 1.807) is 12.1 Å². The van der Waals surface area contributed by atoms with Crippen LogP contribution in [0.1, 0.15) is 11.1 Å². The van der Waals surface area contributed by atoms with Crippen molar-refractivity contribution in [2.75, 3.05) is 0 Å². The minimum atomic E-state index is 0.529. The molecule has 0 aliphatic carbocycles. The Hall–Kier alpha value is -1.42. The first-order valence-corrected chi connectivity index (χ1v) is 5.53. The highest BCUT2D eigenvalue weighted by molar-refractivity contribution is 6.42. The van der Waals surface area contributed by atoms with Crippen LogP contribution < -0.4 is 0 Å². The molecule has 0 aromatic heterocycles. The zero-order valence-corrected chi connectivity index (χ0v) is 9.89. The minimum Gasteiger partial charge on any atom is -0.0827 e. The van der Waals surface area contributed by atoms with E-state index in [1.807, 2.05) is 36.4 Å². The standard InChI is InChI=1S/C14H8Cl2/c15-13-9-8-12(10-14(13)16)7-6-11-4-2-1-3-5-11/h1-5,8-10H. The topological polar surface area (TPSA) is 0 Å². The number of benzene rings is 2. The van der Waals surface area contributed by atoms with Gasteiger partial charge in [0.1, 0.15) is 0 Å². The Morgan fingerprint density at radius 1 is 0.688 bits per heavy atom. The third-order valence-corrected chi connectivity index (χ3v) is 2.78. The molecule has 0 spiro atoms. The third kappa shape index (κ3) is 2.79. The summed E-state index contributed by atoms with van der Waals surface area (Å²) in [5, 5.41) is 1.08. The first kappa shape index (κ1) is 11.1. The van der Waals surface area contributed by atoms with Gasteiger partial charge in [0.2, 0.25) is 0 Å². The molecule has 0 heterocycles. The third-order valence-electron chi connectivity index (χ3n) is 2.04. The second-order valence-corrected chi connectivity index (χ2v) is 4.06. The zero-order valence-electron chi connectivity index (χ0n) is 8.37. The fourth-order valence-corrected chi connectivity index (χ4v) is 1.54. The molecule has 0 saturated heterocycles. The van der Waals surface area contributed by atoms with Gasteiger partial charge in [-0.2, -0.15) is 0 Å². The van der Waals surface area contributed by atoms with Crippen molar-refractivity contribution in [3.63, 3.8) is 0 Å². The van der Waals surface area contributed by atoms with Crippen molar-refractivity contribution in [3.05, 3.63) is 69.7 Å². The van der Waals surface area contributed by atoms with Gasteiger partial charge in [-0.25, -0.2) is 0 Å². The van der Waals surface area contributed by atoms with Crippen molar-refractivity contribution >= 4 is 23.2 Å². The average molecular weight is 247 g/mol. The zero-order chi connectivity index (χ0) is 11.4. The van der Waals surface area contributed by atoms with Crippen LogP contribution in [0.4, 0.5) is 0 Å². The summed E-state index contributed by atoms with van der Waals surface area (Å²) in [7, 11) is 0. The molecule has 0 aliphatic heterocycles. The second-order valence-electron chi connectivity index (χ2n) is 3.24. The Morgan fingerprint density at radius 3 is 2.06 bits per heavy atom. The molecular weight excluding hydrogens is 239 g/mol. The molecule has 0 N–H and O–H groups in total. The number of hydrogen-bond acceptors (Lipinski definition) is 0. The van der Waals surface area contributed by atoms with Crippen molar-refractivity contribution < 1.29 is 0 Å². The first-order chi connectivity index (χ1) is 7.75. The Balaban J connectivity index is 2.28. The van der Waals surface area contributed by atoms with E-state index in [-0.39, 0.29) is 0 Å². The number of rotatable bonds is 0. The highest BCUT2D eigenvalue weighted by Crippen LogP contribution is 2.22. The van der Waals surface area contributed by atoms with E-state index in [1.165, 1.54) is 0 Å². The predicted octanol–water partition coefficient (Wildman–Crippen LogP) is 4.39. The summed E-state index contributed by atoms with van der Waals surface area (Å²) in [5.74, 6) is 6.09. The lowest BCUT2D eigenvalue weighted by Crippen LogP contribution is -1.76. The van der Waals surface area contributed by atoms with Crippen LogP contribution in [0.3, 0.4) is 0 Å². The largest absolute Gasteiger partial charge is 0.0827 e. The molecule has 2 aromatic rings. The van der Waals surface area contributed by atoms with Gasteiger partial charge in [-0.3, -0.25) is 0 Å². The lowest BCUT2D eigenvalue weighted by Gasteiger charge is -1.95. The molecule has 0 atom stereocenters. The van der Waals surface area contributed by atoms with Crippen LogP contribution in [0.5, 0.6) is 0 Å². The molecule has 0 radical (unpaired) electrons. The Kier molecular flexibility index (Phi) is 3.51. The van der Waals surface area contributed by atoms with Gasteiger partial charge in [-0.1, -0.05) is 53.2 Å². The Labute approximate surface area is 105 Å². The Morgan fingerprint density at radius 2 is 1.38 bits per heavy atom. The van der Waals surface area contributed by atoms with Crippen molar-refractivity contribution in [2.24, 2.45) is 0 Å². The molecule has 16 heavy (non-hydrogen) atoms. The SMILES string of the molecule is Clc1ccc(C#Cc2ccccc2)cc1Cl. The fourth-order valence-electron chi connectivity index (χ4n) is 1.24. The van der Waals surface area contributed by atoms with E-state index < -0.39 is 0 Å². The van der Waals surface area contributed by atoms with Crippen LogP contribution in [0.25, 0.3) is 0 Å². The molecule has 0 aliphatic rings. The molecule has 0 saturated carbocycles. The van der Waals surface area contributed by atoms with Gasteiger partial charge in [0.05, 0.1) is 10.0 Å². The summed E-state index contributed by atoms with van der Waals surface area (Å²) in [6.07, 6.45) is 0. The molecule has 0 unspecified atom stereocenters. The summed E-state index contributed by atoms with van der Waals surface area (Å²) in [6.45, 7) is 0. The van der Waals surface area contributed by atoms with Crippen LogP contribution in [0.2, 0.25) is 10.0 Å². The summed E-state index contributed by atoms with van der Waals surface area (Å²) in [4.78, 5) is 0. The summed E-state index contributed by atoms with van der Waals surface area (Å²) < 4.78 is 0. The molecule has 2 aromatic carbocycles. The number of halogens is 2. The van der Waals surface area contributed by atoms with Crippen molar-refractivity contribution in [3.8, 4) is 11.8 Å². The van der Waals surface area contributed by atoms with Gasteiger partial charge in [-0.15, -0.1) is 0 Å². The van der Waals surface area contributed by atoms with E-state index in [0.29, 0.717) is 10.0 Å². The first-order valence-electron chi connectivity index (χ1n) is 4.78. The maximum Gasteiger partial charge on any atom is 0.0604 e. The van der Waals surface area contributed by atoms with Gasteiger partial charge >= 0.3 is 0 Å². The number of hydrogen-bond donors (Lipinski definition) is 0. The highest BCUT2D eigenvalue weighted by atomic mass is 35.5. The maximum absolute atomic E-state index is 5.90. The smallest absolute Gasteiger partial charge is 0.0604 e. The molecule has 0 nitrogen and oxygen atoms in total. The van der Waals surface area contributed by atoms with Crippen molar-refractivity contribution in [1.29, 1.82) is 0 Å². The van der Waals surface area contributed by atoms with Crippen LogP contribution in [0, 0.1) is 11.8 Å². The quantitative estimate of drug-likeness (QED) is 0.605. The Bertz CT molecular complexity index is 548. The summed E-state index contributed by atoms with van der Waals surface area (Å²) >= 11 is 11.7. The molecule has 78 valence electrons. The monoisotopic (exact) mass is 246 g/mol. The van der Waals surface area contributed by atoms with E-state index in [0.717, 1.165) is 11.1 Å². The minimum absolute atomic E-state index is 0.529. The summed E-state index contributed by atoms with van der Waals surface area (Å²) in [6, 6.07) is 15.2.